The first-order valence-electron chi connectivity index (χ1n) is 4.48. The molecule has 0 bridgehead atoms. The van der Waals surface area contributed by atoms with Crippen molar-refractivity contribution in [2.45, 2.75) is 45.2 Å². The topological polar surface area (TPSA) is 46.2 Å². The third kappa shape index (κ3) is 4.83. The van der Waals surface area contributed by atoms with Crippen molar-refractivity contribution in [3.05, 3.63) is 0 Å². The molecule has 0 fully saturated rings. The van der Waals surface area contributed by atoms with Gasteiger partial charge in [0.1, 0.15) is 0 Å². The summed E-state index contributed by atoms with van der Waals surface area (Å²) in [6.45, 7) is 6.47. The van der Waals surface area contributed by atoms with Gasteiger partial charge >= 0.3 is 15.5 Å². The summed E-state index contributed by atoms with van der Waals surface area (Å²) in [5, 5.41) is 0. The number of hydrogen-bond donors (Lipinski definition) is 1. The van der Waals surface area contributed by atoms with Crippen LogP contribution >= 0.6 is 0 Å². The number of alkyl halides is 3. The zero-order chi connectivity index (χ0) is 12.5. The van der Waals surface area contributed by atoms with Crippen LogP contribution in [0.3, 0.4) is 0 Å². The molecule has 0 saturated heterocycles. The molecule has 0 radical (unpaired) electrons. The van der Waals surface area contributed by atoms with Crippen LogP contribution in [0.25, 0.3) is 0 Å². The van der Waals surface area contributed by atoms with E-state index in [0.29, 0.717) is 6.42 Å². The number of sulfonamides is 1. The van der Waals surface area contributed by atoms with Gasteiger partial charge in [0.15, 0.2) is 0 Å². The Hall–Kier alpha value is -0.300. The molecule has 0 unspecified atom stereocenters. The van der Waals surface area contributed by atoms with Crippen molar-refractivity contribution in [3.8, 4) is 0 Å². The second-order valence-electron chi connectivity index (χ2n) is 4.53. The Morgan fingerprint density at radius 2 is 1.60 bits per heavy atom. The van der Waals surface area contributed by atoms with Crippen LogP contribution in [-0.2, 0) is 10.0 Å². The maximum absolute atomic E-state index is 12.1. The molecule has 0 atom stereocenters. The third-order valence-electron chi connectivity index (χ3n) is 1.63. The Bertz CT molecular complexity index is 306. The Kier molecular flexibility index (Phi) is 4.20. The van der Waals surface area contributed by atoms with E-state index < -0.39 is 21.1 Å². The van der Waals surface area contributed by atoms with Crippen molar-refractivity contribution in [1.29, 1.82) is 0 Å². The number of hydrogen-bond acceptors (Lipinski definition) is 2. The van der Waals surface area contributed by atoms with Gasteiger partial charge in [-0.1, -0.05) is 13.8 Å². The van der Waals surface area contributed by atoms with E-state index in [4.69, 9.17) is 0 Å². The molecular weight excluding hydrogens is 231 g/mol. The van der Waals surface area contributed by atoms with Crippen molar-refractivity contribution in [2.24, 2.45) is 5.92 Å². The third-order valence-corrected chi connectivity index (χ3v) is 3.06. The minimum absolute atomic E-state index is 0.107. The first-order chi connectivity index (χ1) is 6.37. The van der Waals surface area contributed by atoms with Gasteiger partial charge < -0.3 is 0 Å². The number of nitrogens with one attached hydrogen (secondary N) is 1. The highest BCUT2D eigenvalue weighted by Crippen LogP contribution is 2.25. The Labute approximate surface area is 88.1 Å². The predicted octanol–water partition coefficient (Wildman–Crippen LogP) is 2.25. The summed E-state index contributed by atoms with van der Waals surface area (Å²) in [6.07, 6.45) is 0.336. The molecule has 0 rings (SSSR count). The van der Waals surface area contributed by atoms with E-state index in [1.54, 1.807) is 4.72 Å². The summed E-state index contributed by atoms with van der Waals surface area (Å²) in [5.74, 6) is 0.107. The van der Waals surface area contributed by atoms with Crippen molar-refractivity contribution >= 4 is 10.0 Å². The Balaban J connectivity index is 4.74. The molecule has 0 saturated carbocycles. The normalized spacial score (nSPS) is 14.7. The van der Waals surface area contributed by atoms with Gasteiger partial charge in [0.25, 0.3) is 0 Å². The van der Waals surface area contributed by atoms with Crippen molar-refractivity contribution < 1.29 is 21.6 Å². The molecule has 0 aromatic heterocycles. The molecule has 1 N–H and O–H groups in total. The lowest BCUT2D eigenvalue weighted by Crippen LogP contribution is -2.49. The van der Waals surface area contributed by atoms with Crippen LogP contribution in [0.4, 0.5) is 13.2 Å². The van der Waals surface area contributed by atoms with E-state index in [-0.39, 0.29) is 5.92 Å². The Morgan fingerprint density at radius 1 is 1.20 bits per heavy atom. The quantitative estimate of drug-likeness (QED) is 0.828. The van der Waals surface area contributed by atoms with E-state index in [1.807, 2.05) is 13.8 Å². The van der Waals surface area contributed by atoms with Gasteiger partial charge in [-0.3, -0.25) is 0 Å². The van der Waals surface area contributed by atoms with Crippen molar-refractivity contribution in [1.82, 2.24) is 4.72 Å². The fraction of sp³-hybridized carbons (Fsp3) is 1.00. The van der Waals surface area contributed by atoms with Crippen LogP contribution in [0.15, 0.2) is 0 Å². The fourth-order valence-electron chi connectivity index (χ4n) is 1.48. The van der Waals surface area contributed by atoms with Gasteiger partial charge in [0, 0.05) is 5.54 Å². The van der Waals surface area contributed by atoms with Crippen molar-refractivity contribution in [2.75, 3.05) is 0 Å². The van der Waals surface area contributed by atoms with Gasteiger partial charge in [-0.25, -0.2) is 13.1 Å². The standard InChI is InChI=1S/C8H16F3NO2S/c1-6(2)5-7(3,4)12-15(13,14)8(9,10)11/h6,12H,5H2,1-4H3. The smallest absolute Gasteiger partial charge is 0.203 e. The van der Waals surface area contributed by atoms with Crippen LogP contribution in [0, 0.1) is 5.92 Å². The molecule has 7 heteroatoms. The zero-order valence-corrected chi connectivity index (χ0v) is 9.96. The monoisotopic (exact) mass is 247 g/mol. The summed E-state index contributed by atoms with van der Waals surface area (Å²) in [5.41, 5.74) is -6.34. The van der Waals surface area contributed by atoms with E-state index >= 15 is 0 Å². The molecule has 0 aliphatic carbocycles. The average molecular weight is 247 g/mol. The average Bonchev–Trinajstić information content (AvgIpc) is 1.75. The molecule has 3 nitrogen and oxygen atoms in total. The molecular formula is C8H16F3NO2S. The molecule has 0 aliphatic rings. The molecule has 0 aromatic rings. The molecule has 0 aliphatic heterocycles. The van der Waals surface area contributed by atoms with E-state index in [1.165, 1.54) is 13.8 Å². The van der Waals surface area contributed by atoms with Crippen LogP contribution in [0.5, 0.6) is 0 Å². The molecule has 92 valence electrons. The summed E-state index contributed by atoms with van der Waals surface area (Å²) in [4.78, 5) is 0. The van der Waals surface area contributed by atoms with Crippen molar-refractivity contribution in [3.63, 3.8) is 0 Å². The van der Waals surface area contributed by atoms with Gasteiger partial charge in [0.2, 0.25) is 0 Å². The largest absolute Gasteiger partial charge is 0.511 e. The fourth-order valence-corrected chi connectivity index (χ4v) is 2.41. The second kappa shape index (κ2) is 4.29. The summed E-state index contributed by atoms with van der Waals surface area (Å²) in [6, 6.07) is 0. The second-order valence-corrected chi connectivity index (χ2v) is 6.21. The summed E-state index contributed by atoms with van der Waals surface area (Å²) in [7, 11) is -5.25. The lowest BCUT2D eigenvalue weighted by atomic mass is 9.94. The molecule has 15 heavy (non-hydrogen) atoms. The maximum atomic E-state index is 12.1. The Morgan fingerprint density at radius 3 is 1.87 bits per heavy atom. The first kappa shape index (κ1) is 14.7. The summed E-state index contributed by atoms with van der Waals surface area (Å²) < 4.78 is 59.4. The molecule has 0 amide bonds. The highest BCUT2D eigenvalue weighted by Gasteiger charge is 2.48. The SMILES string of the molecule is CC(C)CC(C)(C)NS(=O)(=O)C(F)(F)F. The lowest BCUT2D eigenvalue weighted by Gasteiger charge is -2.28. The lowest BCUT2D eigenvalue weighted by molar-refractivity contribution is -0.0456. The van der Waals surface area contributed by atoms with E-state index in [9.17, 15) is 21.6 Å². The van der Waals surface area contributed by atoms with E-state index in [2.05, 4.69) is 0 Å². The molecule has 0 heterocycles. The van der Waals surface area contributed by atoms with Gasteiger partial charge in [-0.05, 0) is 26.2 Å². The van der Waals surface area contributed by atoms with Gasteiger partial charge in [-0.2, -0.15) is 13.2 Å². The minimum atomic E-state index is -5.25. The van der Waals surface area contributed by atoms with E-state index in [0.717, 1.165) is 0 Å². The molecule has 0 spiro atoms. The zero-order valence-electron chi connectivity index (χ0n) is 9.14. The van der Waals surface area contributed by atoms with Crippen LogP contribution < -0.4 is 4.72 Å². The van der Waals surface area contributed by atoms with Crippen LogP contribution in [0.2, 0.25) is 0 Å². The predicted molar refractivity (Wildman–Crippen MR) is 51.6 cm³/mol. The van der Waals surface area contributed by atoms with Gasteiger partial charge in [-0.15, -0.1) is 0 Å². The molecule has 0 aromatic carbocycles. The minimum Gasteiger partial charge on any atom is -0.203 e. The van der Waals surface area contributed by atoms with Crippen LogP contribution in [0.1, 0.15) is 34.1 Å². The first-order valence-corrected chi connectivity index (χ1v) is 5.96. The van der Waals surface area contributed by atoms with Gasteiger partial charge in [0.05, 0.1) is 0 Å². The number of rotatable bonds is 4. The van der Waals surface area contributed by atoms with Crippen LogP contribution in [-0.4, -0.2) is 19.5 Å². The maximum Gasteiger partial charge on any atom is 0.511 e. The summed E-state index contributed by atoms with van der Waals surface area (Å²) >= 11 is 0. The number of halogens is 3. The highest BCUT2D eigenvalue weighted by atomic mass is 32.2. The highest BCUT2D eigenvalue weighted by molar-refractivity contribution is 7.90.